The lowest BCUT2D eigenvalue weighted by molar-refractivity contribution is -0.116. The van der Waals surface area contributed by atoms with Gasteiger partial charge in [0.05, 0.1) is 11.9 Å². The van der Waals surface area contributed by atoms with E-state index in [1.807, 2.05) is 30.5 Å². The van der Waals surface area contributed by atoms with E-state index in [4.69, 9.17) is 0 Å². The van der Waals surface area contributed by atoms with Crippen LogP contribution in [0.15, 0.2) is 41.1 Å². The number of carbonyl (C=O) groups excluding carboxylic acids is 1. The molecule has 0 aliphatic heterocycles. The zero-order valence-corrected chi connectivity index (χ0v) is 10.4. The van der Waals surface area contributed by atoms with Crippen LogP contribution in [0, 0.1) is 0 Å². The molecule has 0 saturated heterocycles. The van der Waals surface area contributed by atoms with E-state index in [2.05, 4.69) is 21.0 Å². The van der Waals surface area contributed by atoms with E-state index in [-0.39, 0.29) is 5.78 Å². The lowest BCUT2D eigenvalue weighted by Gasteiger charge is -2.00. The van der Waals surface area contributed by atoms with Gasteiger partial charge >= 0.3 is 0 Å². The molecular formula is C12H11BrN2O. The number of hydrogen-bond donors (Lipinski definition) is 0. The van der Waals surface area contributed by atoms with Gasteiger partial charge in [-0.3, -0.25) is 4.79 Å². The number of Topliss-reactive ketones (excluding diaryl/α,β-unsaturated/α-hetero) is 1. The molecule has 0 fully saturated rings. The molecule has 2 aromatic rings. The third kappa shape index (κ3) is 2.58. The van der Waals surface area contributed by atoms with Crippen molar-refractivity contribution in [3.8, 4) is 5.69 Å². The third-order valence-electron chi connectivity index (χ3n) is 2.16. The average molecular weight is 279 g/mol. The van der Waals surface area contributed by atoms with Gasteiger partial charge in [-0.2, -0.15) is 5.10 Å². The molecule has 0 unspecified atom stereocenters. The first kappa shape index (κ1) is 11.1. The van der Waals surface area contributed by atoms with Crippen LogP contribution in [-0.4, -0.2) is 15.6 Å². The summed E-state index contributed by atoms with van der Waals surface area (Å²) in [5, 5.41) is 4.22. The Bertz CT molecular complexity index is 519. The van der Waals surface area contributed by atoms with Crippen LogP contribution < -0.4 is 0 Å². The molecule has 0 amide bonds. The van der Waals surface area contributed by atoms with E-state index in [0.717, 1.165) is 15.7 Å². The minimum Gasteiger partial charge on any atom is -0.300 e. The van der Waals surface area contributed by atoms with Gasteiger partial charge in [0.1, 0.15) is 5.78 Å². The van der Waals surface area contributed by atoms with Crippen molar-refractivity contribution < 1.29 is 4.79 Å². The zero-order chi connectivity index (χ0) is 11.5. The first-order chi connectivity index (χ1) is 7.65. The highest BCUT2D eigenvalue weighted by Crippen LogP contribution is 2.15. The normalized spacial score (nSPS) is 10.4. The summed E-state index contributed by atoms with van der Waals surface area (Å²) in [6.45, 7) is 1.58. The van der Waals surface area contributed by atoms with E-state index in [1.165, 1.54) is 0 Å². The van der Waals surface area contributed by atoms with E-state index in [1.54, 1.807) is 17.8 Å². The van der Waals surface area contributed by atoms with E-state index in [0.29, 0.717) is 6.42 Å². The maximum absolute atomic E-state index is 11.0. The molecule has 1 aromatic carbocycles. The summed E-state index contributed by atoms with van der Waals surface area (Å²) in [5.74, 6) is 0.147. The SMILES string of the molecule is CC(=O)Cc1cnn(-c2cccc(Br)c2)c1. The van der Waals surface area contributed by atoms with Gasteiger partial charge in [-0.05, 0) is 30.7 Å². The van der Waals surface area contributed by atoms with Gasteiger partial charge in [-0.25, -0.2) is 4.68 Å². The van der Waals surface area contributed by atoms with Gasteiger partial charge in [0, 0.05) is 17.1 Å². The number of aromatic nitrogens is 2. The summed E-state index contributed by atoms with van der Waals surface area (Å²) >= 11 is 3.41. The number of rotatable bonds is 3. The largest absolute Gasteiger partial charge is 0.300 e. The Morgan fingerprint density at radius 2 is 2.31 bits per heavy atom. The highest BCUT2D eigenvalue weighted by atomic mass is 79.9. The minimum atomic E-state index is 0.147. The molecule has 2 rings (SSSR count). The second-order valence-corrected chi connectivity index (χ2v) is 4.57. The fourth-order valence-electron chi connectivity index (χ4n) is 1.50. The molecular weight excluding hydrogens is 268 g/mol. The molecule has 16 heavy (non-hydrogen) atoms. The molecule has 4 heteroatoms. The number of carbonyl (C=O) groups is 1. The average Bonchev–Trinajstić information content (AvgIpc) is 2.65. The Hall–Kier alpha value is -1.42. The highest BCUT2D eigenvalue weighted by Gasteiger charge is 2.03. The summed E-state index contributed by atoms with van der Waals surface area (Å²) in [5.41, 5.74) is 1.91. The van der Waals surface area contributed by atoms with Crippen molar-refractivity contribution in [3.63, 3.8) is 0 Å². The topological polar surface area (TPSA) is 34.9 Å². The summed E-state index contributed by atoms with van der Waals surface area (Å²) in [4.78, 5) is 11.0. The van der Waals surface area contributed by atoms with Gasteiger partial charge < -0.3 is 0 Å². The highest BCUT2D eigenvalue weighted by molar-refractivity contribution is 9.10. The molecule has 0 bridgehead atoms. The molecule has 0 spiro atoms. The number of hydrogen-bond acceptors (Lipinski definition) is 2. The Kier molecular flexibility index (Phi) is 3.19. The van der Waals surface area contributed by atoms with Gasteiger partial charge in [0.15, 0.2) is 0 Å². The van der Waals surface area contributed by atoms with Crippen molar-refractivity contribution in [3.05, 3.63) is 46.7 Å². The summed E-state index contributed by atoms with van der Waals surface area (Å²) < 4.78 is 2.77. The maximum Gasteiger partial charge on any atom is 0.134 e. The third-order valence-corrected chi connectivity index (χ3v) is 2.66. The predicted octanol–water partition coefficient (Wildman–Crippen LogP) is 2.77. The zero-order valence-electron chi connectivity index (χ0n) is 8.85. The molecule has 0 radical (unpaired) electrons. The van der Waals surface area contributed by atoms with Gasteiger partial charge in [-0.1, -0.05) is 22.0 Å². The first-order valence-electron chi connectivity index (χ1n) is 4.94. The van der Waals surface area contributed by atoms with Crippen molar-refractivity contribution in [2.75, 3.05) is 0 Å². The Morgan fingerprint density at radius 3 is 3.00 bits per heavy atom. The molecule has 0 saturated carbocycles. The number of nitrogens with zero attached hydrogens (tertiary/aromatic N) is 2. The maximum atomic E-state index is 11.0. The standard InChI is InChI=1S/C12H11BrN2O/c1-9(16)5-10-7-14-15(8-10)12-4-2-3-11(13)6-12/h2-4,6-8H,5H2,1H3. The van der Waals surface area contributed by atoms with E-state index < -0.39 is 0 Å². The van der Waals surface area contributed by atoms with Crippen molar-refractivity contribution in [2.45, 2.75) is 13.3 Å². The van der Waals surface area contributed by atoms with E-state index >= 15 is 0 Å². The van der Waals surface area contributed by atoms with Gasteiger partial charge in [0.25, 0.3) is 0 Å². The molecule has 0 N–H and O–H groups in total. The Morgan fingerprint density at radius 1 is 1.50 bits per heavy atom. The summed E-state index contributed by atoms with van der Waals surface area (Å²) in [6.07, 6.45) is 4.04. The lowest BCUT2D eigenvalue weighted by atomic mass is 10.2. The molecule has 1 aromatic heterocycles. The Balaban J connectivity index is 2.28. The summed E-state index contributed by atoms with van der Waals surface area (Å²) in [6, 6.07) is 7.86. The van der Waals surface area contributed by atoms with Crippen LogP contribution in [0.2, 0.25) is 0 Å². The second-order valence-electron chi connectivity index (χ2n) is 3.65. The van der Waals surface area contributed by atoms with Crippen LogP contribution in [0.5, 0.6) is 0 Å². The molecule has 82 valence electrons. The monoisotopic (exact) mass is 278 g/mol. The van der Waals surface area contributed by atoms with Crippen molar-refractivity contribution in [1.29, 1.82) is 0 Å². The van der Waals surface area contributed by atoms with E-state index in [9.17, 15) is 4.79 Å². The molecule has 0 aliphatic carbocycles. The van der Waals surface area contributed by atoms with Crippen molar-refractivity contribution in [1.82, 2.24) is 9.78 Å². The van der Waals surface area contributed by atoms with Crippen molar-refractivity contribution in [2.24, 2.45) is 0 Å². The van der Waals surface area contributed by atoms with Crippen LogP contribution in [0.25, 0.3) is 5.69 Å². The smallest absolute Gasteiger partial charge is 0.134 e. The lowest BCUT2D eigenvalue weighted by Crippen LogP contribution is -1.95. The number of benzene rings is 1. The van der Waals surface area contributed by atoms with Gasteiger partial charge in [-0.15, -0.1) is 0 Å². The first-order valence-corrected chi connectivity index (χ1v) is 5.73. The summed E-state index contributed by atoms with van der Waals surface area (Å²) in [7, 11) is 0. The van der Waals surface area contributed by atoms with Gasteiger partial charge in [0.2, 0.25) is 0 Å². The molecule has 0 atom stereocenters. The fraction of sp³-hybridized carbons (Fsp3) is 0.167. The quantitative estimate of drug-likeness (QED) is 0.866. The number of ketones is 1. The van der Waals surface area contributed by atoms with Crippen LogP contribution in [0.3, 0.4) is 0 Å². The van der Waals surface area contributed by atoms with Crippen molar-refractivity contribution >= 4 is 21.7 Å². The molecule has 1 heterocycles. The number of halogens is 1. The Labute approximate surface area is 102 Å². The minimum absolute atomic E-state index is 0.147. The fourth-order valence-corrected chi connectivity index (χ4v) is 1.89. The van der Waals surface area contributed by atoms with Crippen LogP contribution in [-0.2, 0) is 11.2 Å². The predicted molar refractivity (Wildman–Crippen MR) is 65.6 cm³/mol. The second kappa shape index (κ2) is 4.61. The van der Waals surface area contributed by atoms with Crippen LogP contribution in [0.1, 0.15) is 12.5 Å². The molecule has 0 aliphatic rings. The van der Waals surface area contributed by atoms with Crippen LogP contribution >= 0.6 is 15.9 Å². The molecule has 3 nitrogen and oxygen atoms in total. The van der Waals surface area contributed by atoms with Crippen LogP contribution in [0.4, 0.5) is 0 Å².